The predicted molar refractivity (Wildman–Crippen MR) is 164 cm³/mol. The van der Waals surface area contributed by atoms with Crippen LogP contribution in [-0.2, 0) is 23.8 Å². The van der Waals surface area contributed by atoms with Gasteiger partial charge in [0.1, 0.15) is 30.9 Å². The Hall–Kier alpha value is -2.90. The van der Waals surface area contributed by atoms with Gasteiger partial charge in [0.2, 0.25) is 5.91 Å². The Kier molecular flexibility index (Phi) is 9.82. The van der Waals surface area contributed by atoms with E-state index in [-0.39, 0.29) is 36.9 Å². The fourth-order valence-electron chi connectivity index (χ4n) is 5.94. The topological polar surface area (TPSA) is 114 Å². The molecule has 234 valence electrons. The van der Waals surface area contributed by atoms with Crippen molar-refractivity contribution in [2.45, 2.75) is 51.5 Å². The minimum atomic E-state index is -0.828. The molecule has 3 aliphatic heterocycles. The first kappa shape index (κ1) is 31.5. The van der Waals surface area contributed by atoms with Gasteiger partial charge < -0.3 is 29.3 Å². The molecule has 0 bridgehead atoms. The second-order valence-corrected chi connectivity index (χ2v) is 13.0. The molecule has 2 amide bonds. The molecule has 4 heterocycles. The van der Waals surface area contributed by atoms with E-state index in [1.807, 2.05) is 38.3 Å². The zero-order chi connectivity index (χ0) is 30.7. The summed E-state index contributed by atoms with van der Waals surface area (Å²) >= 11 is 1.63. The monoisotopic (exact) mass is 613 g/mol. The number of carbonyl (C=O) groups excluding carboxylic acids is 3. The number of fused-ring (bicyclic) bond motifs is 1. The summed E-state index contributed by atoms with van der Waals surface area (Å²) in [7, 11) is 3.28. The number of nitrogens with one attached hydrogen (secondary N) is 1. The van der Waals surface area contributed by atoms with Crippen LogP contribution in [0.25, 0.3) is 11.3 Å². The Morgan fingerprint density at radius 2 is 1.88 bits per heavy atom. The molecule has 0 aliphatic carbocycles. The third-order valence-corrected chi connectivity index (χ3v) is 10.0. The quantitative estimate of drug-likeness (QED) is 0.408. The van der Waals surface area contributed by atoms with E-state index in [1.165, 1.54) is 0 Å². The standard InChI is InChI=1S/C31H43N5O6S/c1-6-31(2,3)27(29(39)36-17-24(41-5)26-25(36)23(37)18-42-26)33-28(38)21-9-7-20(8-10-21)22-19-43-30(32-22)35-13-11-34(12-14-35)15-16-40-4/h7-10,19,24-27H,6,11-18H2,1-5H3,(H,33,38)/t24-,25+,26+,27?/m0/s1. The molecule has 5 rings (SSSR count). The minimum Gasteiger partial charge on any atom is -0.383 e. The zero-order valence-corrected chi connectivity index (χ0v) is 26.5. The number of nitrogens with zero attached hydrogens (tertiary/aromatic N) is 4. The Morgan fingerprint density at radius 1 is 1.16 bits per heavy atom. The van der Waals surface area contributed by atoms with Crippen LogP contribution in [0.15, 0.2) is 29.6 Å². The van der Waals surface area contributed by atoms with Crippen LogP contribution in [0, 0.1) is 5.41 Å². The van der Waals surface area contributed by atoms with Crippen molar-refractivity contribution in [3.8, 4) is 11.3 Å². The number of benzene rings is 1. The number of aromatic nitrogens is 1. The first-order valence-corrected chi connectivity index (χ1v) is 15.9. The highest BCUT2D eigenvalue weighted by Crippen LogP contribution is 2.34. The number of rotatable bonds is 11. The molecular weight excluding hydrogens is 570 g/mol. The van der Waals surface area contributed by atoms with E-state index in [2.05, 4.69) is 15.1 Å². The van der Waals surface area contributed by atoms with Gasteiger partial charge in [0, 0.05) is 63.5 Å². The van der Waals surface area contributed by atoms with Gasteiger partial charge in [-0.25, -0.2) is 4.98 Å². The average Bonchev–Trinajstić information content (AvgIpc) is 3.76. The molecule has 43 heavy (non-hydrogen) atoms. The van der Waals surface area contributed by atoms with Gasteiger partial charge in [-0.1, -0.05) is 32.9 Å². The highest BCUT2D eigenvalue weighted by atomic mass is 32.1. The van der Waals surface area contributed by atoms with Crippen molar-refractivity contribution in [2.75, 3.05) is 71.6 Å². The van der Waals surface area contributed by atoms with E-state index >= 15 is 0 Å². The summed E-state index contributed by atoms with van der Waals surface area (Å²) in [5.41, 5.74) is 1.69. The molecule has 1 aromatic heterocycles. The van der Waals surface area contributed by atoms with Gasteiger partial charge in [-0.05, 0) is 24.0 Å². The number of anilines is 1. The molecule has 1 unspecified atom stereocenters. The highest BCUT2D eigenvalue weighted by molar-refractivity contribution is 7.14. The maximum Gasteiger partial charge on any atom is 0.251 e. The Morgan fingerprint density at radius 3 is 2.53 bits per heavy atom. The normalized spacial score (nSPS) is 23.5. The van der Waals surface area contributed by atoms with Crippen LogP contribution < -0.4 is 10.2 Å². The number of ketones is 1. The maximum atomic E-state index is 13.9. The van der Waals surface area contributed by atoms with Crippen LogP contribution in [-0.4, -0.2) is 123 Å². The smallest absolute Gasteiger partial charge is 0.251 e. The Bertz CT molecular complexity index is 1290. The van der Waals surface area contributed by atoms with Gasteiger partial charge in [0.15, 0.2) is 10.9 Å². The molecule has 12 heteroatoms. The predicted octanol–water partition coefficient (Wildman–Crippen LogP) is 2.31. The van der Waals surface area contributed by atoms with Gasteiger partial charge in [-0.15, -0.1) is 11.3 Å². The lowest BCUT2D eigenvalue weighted by Crippen LogP contribution is -2.57. The van der Waals surface area contributed by atoms with Gasteiger partial charge in [-0.2, -0.15) is 0 Å². The lowest BCUT2D eigenvalue weighted by molar-refractivity contribution is -0.140. The highest BCUT2D eigenvalue weighted by Gasteiger charge is 2.54. The van der Waals surface area contributed by atoms with Crippen molar-refractivity contribution >= 4 is 34.1 Å². The molecule has 4 atom stereocenters. The number of thiazole rings is 1. The number of hydrogen-bond donors (Lipinski definition) is 1. The molecule has 1 aromatic carbocycles. The molecule has 11 nitrogen and oxygen atoms in total. The lowest BCUT2D eigenvalue weighted by atomic mass is 9.80. The molecule has 3 fully saturated rings. The van der Waals surface area contributed by atoms with Gasteiger partial charge in [-0.3, -0.25) is 19.3 Å². The van der Waals surface area contributed by atoms with E-state index in [9.17, 15) is 14.4 Å². The van der Waals surface area contributed by atoms with E-state index in [0.29, 0.717) is 12.0 Å². The Labute approximate surface area is 257 Å². The molecule has 3 saturated heterocycles. The number of amides is 2. The van der Waals surface area contributed by atoms with Crippen molar-refractivity contribution in [2.24, 2.45) is 5.41 Å². The fourth-order valence-corrected chi connectivity index (χ4v) is 6.83. The summed E-state index contributed by atoms with van der Waals surface area (Å²) in [4.78, 5) is 51.2. The van der Waals surface area contributed by atoms with Gasteiger partial charge in [0.05, 0.1) is 18.8 Å². The number of piperazine rings is 1. The zero-order valence-electron chi connectivity index (χ0n) is 25.7. The second-order valence-electron chi connectivity index (χ2n) is 12.1. The van der Waals surface area contributed by atoms with Crippen molar-refractivity contribution in [3.05, 3.63) is 35.2 Å². The SMILES string of the molecule is CCC(C)(C)C(NC(=O)c1ccc(-c2csc(N3CCN(CCOC)CC3)n2)cc1)C(=O)N1C[C@H](OC)[C@H]2OCC(=O)[C@H]21. The second kappa shape index (κ2) is 13.4. The average molecular weight is 614 g/mol. The maximum absolute atomic E-state index is 13.9. The lowest BCUT2D eigenvalue weighted by Gasteiger charge is -2.36. The number of methoxy groups -OCH3 is 2. The van der Waals surface area contributed by atoms with Crippen LogP contribution >= 0.6 is 11.3 Å². The molecule has 2 aromatic rings. The summed E-state index contributed by atoms with van der Waals surface area (Å²) < 4.78 is 16.4. The van der Waals surface area contributed by atoms with Crippen LogP contribution in [0.1, 0.15) is 37.6 Å². The summed E-state index contributed by atoms with van der Waals surface area (Å²) in [6, 6.07) is 5.79. The van der Waals surface area contributed by atoms with Crippen molar-refractivity contribution in [1.29, 1.82) is 0 Å². The van der Waals surface area contributed by atoms with Crippen molar-refractivity contribution in [1.82, 2.24) is 20.1 Å². The summed E-state index contributed by atoms with van der Waals surface area (Å²) in [6.07, 6.45) is -0.213. The van der Waals surface area contributed by atoms with Crippen molar-refractivity contribution < 1.29 is 28.6 Å². The third kappa shape index (κ3) is 6.63. The number of Topliss-reactive ketones (excluding diaryl/α,β-unsaturated/α-hetero) is 1. The number of hydrogen-bond acceptors (Lipinski definition) is 10. The fraction of sp³-hybridized carbons (Fsp3) is 0.613. The Balaban J connectivity index is 1.25. The molecular formula is C31H43N5O6S. The van der Waals surface area contributed by atoms with Gasteiger partial charge in [0.25, 0.3) is 5.91 Å². The van der Waals surface area contributed by atoms with E-state index in [4.69, 9.17) is 19.2 Å². The number of carbonyl (C=O) groups is 3. The molecule has 0 spiro atoms. The van der Waals surface area contributed by atoms with Crippen LogP contribution in [0.2, 0.25) is 0 Å². The largest absolute Gasteiger partial charge is 0.383 e. The molecule has 3 aliphatic rings. The first-order valence-electron chi connectivity index (χ1n) is 15.0. The summed E-state index contributed by atoms with van der Waals surface area (Å²) in [5, 5.41) is 6.04. The molecule has 1 N–H and O–H groups in total. The number of ether oxygens (including phenoxy) is 3. The van der Waals surface area contributed by atoms with E-state index < -0.39 is 23.6 Å². The van der Waals surface area contributed by atoms with Crippen LogP contribution in [0.4, 0.5) is 5.13 Å². The van der Waals surface area contributed by atoms with Crippen molar-refractivity contribution in [3.63, 3.8) is 0 Å². The minimum absolute atomic E-state index is 0.0362. The van der Waals surface area contributed by atoms with E-state index in [0.717, 1.165) is 55.7 Å². The van der Waals surface area contributed by atoms with Crippen LogP contribution in [0.5, 0.6) is 0 Å². The van der Waals surface area contributed by atoms with Crippen LogP contribution in [0.3, 0.4) is 0 Å². The molecule has 0 saturated carbocycles. The third-order valence-electron chi connectivity index (χ3n) is 9.13. The first-order chi connectivity index (χ1) is 20.7. The summed E-state index contributed by atoms with van der Waals surface area (Å²) in [5.74, 6) is -0.771. The van der Waals surface area contributed by atoms with Gasteiger partial charge >= 0.3 is 0 Å². The molecule has 0 radical (unpaired) electrons. The van der Waals surface area contributed by atoms with E-state index in [1.54, 1.807) is 42.6 Å². The summed E-state index contributed by atoms with van der Waals surface area (Å²) in [6.45, 7) is 11.6. The number of likely N-dealkylation sites (tertiary alicyclic amines) is 1.